The first kappa shape index (κ1) is 17.4. The van der Waals surface area contributed by atoms with Gasteiger partial charge in [0, 0.05) is 19.0 Å². The zero-order valence-corrected chi connectivity index (χ0v) is 13.3. The Hall–Kier alpha value is -1.62. The van der Waals surface area contributed by atoms with E-state index in [0.29, 0.717) is 0 Å². The van der Waals surface area contributed by atoms with E-state index < -0.39 is 10.0 Å². The maximum Gasteiger partial charge on any atom is 0.242 e. The Kier molecular flexibility index (Phi) is 6.15. The van der Waals surface area contributed by atoms with Crippen LogP contribution in [0, 0.1) is 11.3 Å². The highest BCUT2D eigenvalue weighted by Gasteiger charge is 2.18. The minimum Gasteiger partial charge on any atom is -0.354 e. The van der Waals surface area contributed by atoms with Crippen LogP contribution in [0.4, 0.5) is 0 Å². The summed E-state index contributed by atoms with van der Waals surface area (Å²) in [7, 11) is -3.86. The highest BCUT2D eigenvalue weighted by molar-refractivity contribution is 7.89. The summed E-state index contributed by atoms with van der Waals surface area (Å²) in [4.78, 5) is 11.3. The van der Waals surface area contributed by atoms with Gasteiger partial charge < -0.3 is 5.32 Å². The van der Waals surface area contributed by atoms with E-state index in [4.69, 9.17) is 16.9 Å². The van der Waals surface area contributed by atoms with Crippen molar-refractivity contribution in [2.24, 2.45) is 0 Å². The second-order valence-corrected chi connectivity index (χ2v) is 6.77. The summed E-state index contributed by atoms with van der Waals surface area (Å²) in [6.45, 7) is 3.58. The SMILES string of the molecule is CC(C)NC(=O)CCNS(=O)(=O)c1cc(C#N)ccc1Cl. The number of nitriles is 1. The molecular formula is C13H16ClN3O3S. The van der Waals surface area contributed by atoms with Crippen molar-refractivity contribution in [2.45, 2.75) is 31.2 Å². The van der Waals surface area contributed by atoms with Crippen LogP contribution in [-0.4, -0.2) is 26.9 Å². The Balaban J connectivity index is 2.75. The Morgan fingerprint density at radius 2 is 2.10 bits per heavy atom. The van der Waals surface area contributed by atoms with Crippen molar-refractivity contribution in [3.63, 3.8) is 0 Å². The molecule has 0 spiro atoms. The number of hydrogen-bond donors (Lipinski definition) is 2. The minimum absolute atomic E-state index is 0.00383. The van der Waals surface area contributed by atoms with Crippen LogP contribution >= 0.6 is 11.6 Å². The molecule has 0 heterocycles. The largest absolute Gasteiger partial charge is 0.354 e. The van der Waals surface area contributed by atoms with E-state index in [1.165, 1.54) is 18.2 Å². The summed E-state index contributed by atoms with van der Waals surface area (Å²) < 4.78 is 26.5. The molecule has 1 amide bonds. The molecule has 1 aromatic rings. The predicted octanol–water partition coefficient (Wildman–Crippen LogP) is 1.40. The van der Waals surface area contributed by atoms with E-state index in [1.807, 2.05) is 19.9 Å². The lowest BCUT2D eigenvalue weighted by Crippen LogP contribution is -2.34. The first-order valence-electron chi connectivity index (χ1n) is 6.25. The van der Waals surface area contributed by atoms with Gasteiger partial charge in [0.1, 0.15) is 4.90 Å². The van der Waals surface area contributed by atoms with Crippen molar-refractivity contribution in [1.29, 1.82) is 5.26 Å². The molecule has 1 rings (SSSR count). The summed E-state index contributed by atoms with van der Waals surface area (Å²) in [6, 6.07) is 5.81. The second-order valence-electron chi connectivity index (χ2n) is 4.63. The zero-order chi connectivity index (χ0) is 16.0. The van der Waals surface area contributed by atoms with Crippen molar-refractivity contribution < 1.29 is 13.2 Å². The van der Waals surface area contributed by atoms with E-state index in [1.54, 1.807) is 0 Å². The standard InChI is InChI=1S/C13H16ClN3O3S/c1-9(2)17-13(18)5-6-16-21(19,20)12-7-10(8-15)3-4-11(12)14/h3-4,7,9,16H,5-6H2,1-2H3,(H,17,18). The van der Waals surface area contributed by atoms with Gasteiger partial charge in [-0.25, -0.2) is 13.1 Å². The number of rotatable bonds is 6. The van der Waals surface area contributed by atoms with Gasteiger partial charge in [-0.3, -0.25) is 4.79 Å². The summed E-state index contributed by atoms with van der Waals surface area (Å²) in [5.74, 6) is -0.246. The van der Waals surface area contributed by atoms with E-state index in [0.717, 1.165) is 0 Å². The number of benzene rings is 1. The van der Waals surface area contributed by atoms with Gasteiger partial charge in [0.15, 0.2) is 0 Å². The number of hydrogen-bond acceptors (Lipinski definition) is 4. The van der Waals surface area contributed by atoms with Gasteiger partial charge in [0.05, 0.1) is 16.7 Å². The lowest BCUT2D eigenvalue weighted by Gasteiger charge is -2.10. The summed E-state index contributed by atoms with van der Waals surface area (Å²) in [5, 5.41) is 11.5. The molecule has 1 aromatic carbocycles. The van der Waals surface area contributed by atoms with Gasteiger partial charge in [-0.15, -0.1) is 0 Å². The normalized spacial score (nSPS) is 11.2. The molecule has 0 fully saturated rings. The number of carbonyl (C=O) groups excluding carboxylic acids is 1. The maximum atomic E-state index is 12.1. The quantitative estimate of drug-likeness (QED) is 0.824. The smallest absolute Gasteiger partial charge is 0.242 e. The van der Waals surface area contributed by atoms with Crippen LogP contribution in [-0.2, 0) is 14.8 Å². The van der Waals surface area contributed by atoms with Crippen molar-refractivity contribution in [2.75, 3.05) is 6.54 Å². The molecule has 0 saturated carbocycles. The van der Waals surface area contributed by atoms with Crippen molar-refractivity contribution in [3.05, 3.63) is 28.8 Å². The number of halogens is 1. The van der Waals surface area contributed by atoms with Gasteiger partial charge >= 0.3 is 0 Å². The molecule has 2 N–H and O–H groups in total. The fourth-order valence-electron chi connectivity index (χ4n) is 1.55. The number of amides is 1. The highest BCUT2D eigenvalue weighted by atomic mass is 35.5. The first-order valence-corrected chi connectivity index (χ1v) is 8.11. The maximum absolute atomic E-state index is 12.1. The average Bonchev–Trinajstić information content (AvgIpc) is 2.37. The van der Waals surface area contributed by atoms with Crippen molar-refractivity contribution in [1.82, 2.24) is 10.0 Å². The lowest BCUT2D eigenvalue weighted by molar-refractivity contribution is -0.121. The molecule has 0 radical (unpaired) electrons. The molecule has 0 saturated heterocycles. The Morgan fingerprint density at radius 3 is 2.67 bits per heavy atom. The zero-order valence-electron chi connectivity index (χ0n) is 11.7. The molecule has 21 heavy (non-hydrogen) atoms. The molecule has 0 bridgehead atoms. The Bertz CT molecular complexity index is 666. The van der Waals surface area contributed by atoms with Gasteiger partial charge in [-0.1, -0.05) is 11.6 Å². The molecule has 0 atom stereocenters. The number of nitrogens with one attached hydrogen (secondary N) is 2. The Morgan fingerprint density at radius 1 is 1.43 bits per heavy atom. The Labute approximate surface area is 129 Å². The summed E-state index contributed by atoms with van der Waals surface area (Å²) in [5.41, 5.74) is 0.192. The van der Waals surface area contributed by atoms with Crippen LogP contribution < -0.4 is 10.0 Å². The third-order valence-electron chi connectivity index (χ3n) is 2.44. The van der Waals surface area contributed by atoms with Crippen LogP contribution in [0.3, 0.4) is 0 Å². The molecule has 0 aliphatic rings. The number of sulfonamides is 1. The molecule has 114 valence electrons. The van der Waals surface area contributed by atoms with Crippen LogP contribution in [0.5, 0.6) is 0 Å². The van der Waals surface area contributed by atoms with Gasteiger partial charge in [-0.2, -0.15) is 5.26 Å². The highest BCUT2D eigenvalue weighted by Crippen LogP contribution is 2.22. The van der Waals surface area contributed by atoms with Gasteiger partial charge in [0.25, 0.3) is 0 Å². The third-order valence-corrected chi connectivity index (χ3v) is 4.39. The molecule has 0 aliphatic heterocycles. The number of carbonyl (C=O) groups is 1. The summed E-state index contributed by atoms with van der Waals surface area (Å²) in [6.07, 6.45) is 0.0208. The van der Waals surface area contributed by atoms with Crippen LogP contribution in [0.2, 0.25) is 5.02 Å². The lowest BCUT2D eigenvalue weighted by atomic mass is 10.2. The monoisotopic (exact) mass is 329 g/mol. The van der Waals surface area contributed by atoms with Gasteiger partial charge in [-0.05, 0) is 32.0 Å². The van der Waals surface area contributed by atoms with E-state index >= 15 is 0 Å². The number of nitrogens with zero attached hydrogens (tertiary/aromatic N) is 1. The molecular weight excluding hydrogens is 314 g/mol. The molecule has 0 unspecified atom stereocenters. The van der Waals surface area contributed by atoms with Crippen LogP contribution in [0.15, 0.2) is 23.1 Å². The predicted molar refractivity (Wildman–Crippen MR) is 79.3 cm³/mol. The molecule has 0 aliphatic carbocycles. The van der Waals surface area contributed by atoms with E-state index in [2.05, 4.69) is 10.0 Å². The second kappa shape index (κ2) is 7.41. The van der Waals surface area contributed by atoms with Crippen LogP contribution in [0.25, 0.3) is 0 Å². The topological polar surface area (TPSA) is 99.1 Å². The average molecular weight is 330 g/mol. The first-order chi connectivity index (χ1) is 9.76. The van der Waals surface area contributed by atoms with Crippen LogP contribution in [0.1, 0.15) is 25.8 Å². The molecule has 6 nitrogen and oxygen atoms in total. The van der Waals surface area contributed by atoms with Gasteiger partial charge in [0.2, 0.25) is 15.9 Å². The minimum atomic E-state index is -3.86. The molecule has 0 aromatic heterocycles. The fraction of sp³-hybridized carbons (Fsp3) is 0.385. The fourth-order valence-corrected chi connectivity index (χ4v) is 3.11. The van der Waals surface area contributed by atoms with E-state index in [9.17, 15) is 13.2 Å². The van der Waals surface area contributed by atoms with E-state index in [-0.39, 0.29) is 40.4 Å². The molecule has 8 heteroatoms. The summed E-state index contributed by atoms with van der Waals surface area (Å²) >= 11 is 5.84. The third kappa shape index (κ3) is 5.34. The van der Waals surface area contributed by atoms with Crippen molar-refractivity contribution in [3.8, 4) is 6.07 Å². The van der Waals surface area contributed by atoms with Crippen molar-refractivity contribution >= 4 is 27.5 Å².